The molecule has 0 radical (unpaired) electrons. The molecule has 0 aliphatic rings. The van der Waals surface area contributed by atoms with Crippen molar-refractivity contribution < 1.29 is 0 Å². The van der Waals surface area contributed by atoms with E-state index in [0.29, 0.717) is 0 Å². The second-order valence-corrected chi connectivity index (χ2v) is 3.57. The van der Waals surface area contributed by atoms with Crippen LogP contribution >= 0.6 is 0 Å². The standard InChI is InChI=1S/C11H14N4/c1-8-4-3-5-10(12)11(8)14-9-6-13-15(2)7-9/h3-7,14H,12H2,1-2H3. The summed E-state index contributed by atoms with van der Waals surface area (Å²) in [5.74, 6) is 0. The Bertz CT molecular complexity index is 453. The third-order valence-electron chi connectivity index (χ3n) is 2.28. The Hall–Kier alpha value is -1.97. The molecule has 1 heterocycles. The average Bonchev–Trinajstić information content (AvgIpc) is 2.58. The maximum Gasteiger partial charge on any atom is 0.0770 e. The zero-order valence-corrected chi connectivity index (χ0v) is 8.86. The summed E-state index contributed by atoms with van der Waals surface area (Å²) in [7, 11) is 1.88. The number of rotatable bonds is 2. The van der Waals surface area contributed by atoms with Gasteiger partial charge in [-0.15, -0.1) is 0 Å². The number of nitrogens with one attached hydrogen (secondary N) is 1. The third kappa shape index (κ3) is 1.93. The van der Waals surface area contributed by atoms with E-state index in [9.17, 15) is 0 Å². The van der Waals surface area contributed by atoms with Crippen molar-refractivity contribution in [2.75, 3.05) is 11.1 Å². The van der Waals surface area contributed by atoms with Crippen LogP contribution in [0.2, 0.25) is 0 Å². The van der Waals surface area contributed by atoms with Gasteiger partial charge in [0.1, 0.15) is 0 Å². The van der Waals surface area contributed by atoms with Crippen LogP contribution in [0.3, 0.4) is 0 Å². The van der Waals surface area contributed by atoms with Crippen molar-refractivity contribution in [1.82, 2.24) is 9.78 Å². The molecule has 3 N–H and O–H groups in total. The second kappa shape index (κ2) is 3.65. The number of hydrogen-bond acceptors (Lipinski definition) is 3. The van der Waals surface area contributed by atoms with Crippen LogP contribution in [-0.2, 0) is 7.05 Å². The number of benzene rings is 1. The maximum atomic E-state index is 5.89. The summed E-state index contributed by atoms with van der Waals surface area (Å²) < 4.78 is 1.75. The van der Waals surface area contributed by atoms with E-state index in [1.165, 1.54) is 0 Å². The van der Waals surface area contributed by atoms with Gasteiger partial charge in [-0.3, -0.25) is 4.68 Å². The summed E-state index contributed by atoms with van der Waals surface area (Å²) in [6.07, 6.45) is 3.68. The molecule has 1 aromatic heterocycles. The maximum absolute atomic E-state index is 5.89. The number of anilines is 3. The molecule has 1 aromatic carbocycles. The van der Waals surface area contributed by atoms with Gasteiger partial charge in [0, 0.05) is 13.2 Å². The molecule has 4 nitrogen and oxygen atoms in total. The zero-order valence-electron chi connectivity index (χ0n) is 8.86. The number of nitrogens with zero attached hydrogens (tertiary/aromatic N) is 2. The van der Waals surface area contributed by atoms with Crippen molar-refractivity contribution in [2.45, 2.75) is 6.92 Å². The Balaban J connectivity index is 2.31. The zero-order chi connectivity index (χ0) is 10.8. The Kier molecular flexibility index (Phi) is 2.33. The molecular formula is C11H14N4. The van der Waals surface area contributed by atoms with Crippen LogP contribution in [0, 0.1) is 6.92 Å². The first-order valence-corrected chi connectivity index (χ1v) is 4.77. The van der Waals surface area contributed by atoms with E-state index >= 15 is 0 Å². The topological polar surface area (TPSA) is 55.9 Å². The minimum absolute atomic E-state index is 0.749. The number of aryl methyl sites for hydroxylation is 2. The largest absolute Gasteiger partial charge is 0.397 e. The van der Waals surface area contributed by atoms with Crippen molar-refractivity contribution >= 4 is 17.1 Å². The molecule has 0 fully saturated rings. The lowest BCUT2D eigenvalue weighted by molar-refractivity contribution is 0.768. The van der Waals surface area contributed by atoms with E-state index in [4.69, 9.17) is 5.73 Å². The van der Waals surface area contributed by atoms with Gasteiger partial charge < -0.3 is 11.1 Å². The summed E-state index contributed by atoms with van der Waals surface area (Å²) in [6.45, 7) is 2.02. The Morgan fingerprint density at radius 3 is 2.80 bits per heavy atom. The van der Waals surface area contributed by atoms with Crippen molar-refractivity contribution in [2.24, 2.45) is 7.05 Å². The monoisotopic (exact) mass is 202 g/mol. The minimum Gasteiger partial charge on any atom is -0.397 e. The number of hydrogen-bond donors (Lipinski definition) is 2. The van der Waals surface area contributed by atoms with Gasteiger partial charge in [-0.05, 0) is 18.6 Å². The van der Waals surface area contributed by atoms with Gasteiger partial charge in [0.05, 0.1) is 23.3 Å². The van der Waals surface area contributed by atoms with Gasteiger partial charge in [-0.2, -0.15) is 5.10 Å². The molecule has 2 rings (SSSR count). The molecule has 0 saturated carbocycles. The highest BCUT2D eigenvalue weighted by Gasteiger charge is 2.03. The van der Waals surface area contributed by atoms with Crippen molar-refractivity contribution in [3.63, 3.8) is 0 Å². The third-order valence-corrected chi connectivity index (χ3v) is 2.28. The molecule has 0 bridgehead atoms. The molecule has 0 amide bonds. The van der Waals surface area contributed by atoms with Crippen LogP contribution in [-0.4, -0.2) is 9.78 Å². The van der Waals surface area contributed by atoms with E-state index in [2.05, 4.69) is 10.4 Å². The average molecular weight is 202 g/mol. The first kappa shape index (κ1) is 9.58. The van der Waals surface area contributed by atoms with Crippen LogP contribution in [0.4, 0.5) is 17.1 Å². The van der Waals surface area contributed by atoms with Crippen LogP contribution in [0.25, 0.3) is 0 Å². The molecule has 15 heavy (non-hydrogen) atoms. The Labute approximate surface area is 88.7 Å². The molecule has 0 aliphatic heterocycles. The molecule has 78 valence electrons. The number of nitrogens with two attached hydrogens (primary N) is 1. The van der Waals surface area contributed by atoms with Crippen molar-refractivity contribution in [3.8, 4) is 0 Å². The van der Waals surface area contributed by atoms with Crippen LogP contribution in [0.5, 0.6) is 0 Å². The number of nitrogen functional groups attached to an aromatic ring is 1. The summed E-state index contributed by atoms with van der Waals surface area (Å²) >= 11 is 0. The van der Waals surface area contributed by atoms with Gasteiger partial charge in [0.15, 0.2) is 0 Å². The predicted molar refractivity (Wildman–Crippen MR) is 62.1 cm³/mol. The molecule has 0 aliphatic carbocycles. The highest BCUT2D eigenvalue weighted by Crippen LogP contribution is 2.26. The van der Waals surface area contributed by atoms with Gasteiger partial charge in [-0.1, -0.05) is 12.1 Å². The van der Waals surface area contributed by atoms with Crippen molar-refractivity contribution in [3.05, 3.63) is 36.2 Å². The first-order chi connectivity index (χ1) is 7.16. The Morgan fingerprint density at radius 1 is 1.40 bits per heavy atom. The summed E-state index contributed by atoms with van der Waals surface area (Å²) in [6, 6.07) is 5.85. The molecular weight excluding hydrogens is 188 g/mol. The van der Waals surface area contributed by atoms with E-state index in [1.54, 1.807) is 10.9 Å². The van der Waals surface area contributed by atoms with Crippen molar-refractivity contribution in [1.29, 1.82) is 0 Å². The Morgan fingerprint density at radius 2 is 2.20 bits per heavy atom. The molecule has 4 heteroatoms. The number of para-hydroxylation sites is 1. The van der Waals surface area contributed by atoms with Crippen LogP contribution in [0.15, 0.2) is 30.6 Å². The van der Waals surface area contributed by atoms with Gasteiger partial charge in [0.2, 0.25) is 0 Å². The molecule has 0 unspecified atom stereocenters. The fourth-order valence-corrected chi connectivity index (χ4v) is 1.49. The normalized spacial score (nSPS) is 10.3. The first-order valence-electron chi connectivity index (χ1n) is 4.77. The van der Waals surface area contributed by atoms with E-state index in [0.717, 1.165) is 22.6 Å². The summed E-state index contributed by atoms with van der Waals surface area (Å²) in [5.41, 5.74) is 9.65. The number of aromatic nitrogens is 2. The lowest BCUT2D eigenvalue weighted by Crippen LogP contribution is -1.97. The van der Waals surface area contributed by atoms with E-state index < -0.39 is 0 Å². The lowest BCUT2D eigenvalue weighted by Gasteiger charge is -2.09. The molecule has 0 atom stereocenters. The smallest absolute Gasteiger partial charge is 0.0770 e. The van der Waals surface area contributed by atoms with Crippen LogP contribution < -0.4 is 11.1 Å². The molecule has 0 saturated heterocycles. The minimum atomic E-state index is 0.749. The molecule has 2 aromatic rings. The summed E-state index contributed by atoms with van der Waals surface area (Å²) in [5, 5.41) is 7.34. The lowest BCUT2D eigenvalue weighted by atomic mass is 10.1. The van der Waals surface area contributed by atoms with E-state index in [-0.39, 0.29) is 0 Å². The highest BCUT2D eigenvalue weighted by molar-refractivity contribution is 5.75. The van der Waals surface area contributed by atoms with Gasteiger partial charge >= 0.3 is 0 Å². The fourth-order valence-electron chi connectivity index (χ4n) is 1.49. The SMILES string of the molecule is Cc1cccc(N)c1Nc1cnn(C)c1. The van der Waals surface area contributed by atoms with E-state index in [1.807, 2.05) is 38.4 Å². The predicted octanol–water partition coefficient (Wildman–Crippen LogP) is 2.05. The highest BCUT2D eigenvalue weighted by atomic mass is 15.3. The quantitative estimate of drug-likeness (QED) is 0.733. The van der Waals surface area contributed by atoms with Crippen LogP contribution in [0.1, 0.15) is 5.56 Å². The molecule has 0 spiro atoms. The van der Waals surface area contributed by atoms with Gasteiger partial charge in [-0.25, -0.2) is 0 Å². The second-order valence-electron chi connectivity index (χ2n) is 3.57. The summed E-state index contributed by atoms with van der Waals surface area (Å²) in [4.78, 5) is 0. The van der Waals surface area contributed by atoms with Gasteiger partial charge in [0.25, 0.3) is 0 Å². The fraction of sp³-hybridized carbons (Fsp3) is 0.182.